The van der Waals surface area contributed by atoms with Crippen LogP contribution in [0.4, 0.5) is 11.4 Å². The van der Waals surface area contributed by atoms with Crippen molar-refractivity contribution >= 4 is 29.3 Å². The molecule has 0 unspecified atom stereocenters. The molecule has 5 heteroatoms. The average molecular weight is 483 g/mol. The highest BCUT2D eigenvalue weighted by Crippen LogP contribution is 2.29. The van der Waals surface area contributed by atoms with Gasteiger partial charge in [-0.25, -0.2) is 4.79 Å². The molecule has 1 N–H and O–H groups in total. The fourth-order valence-corrected chi connectivity index (χ4v) is 4.81. The molecular weight excluding hydrogens is 448 g/mol. The number of benzene rings is 3. The lowest BCUT2D eigenvalue weighted by Gasteiger charge is -2.30. The van der Waals surface area contributed by atoms with E-state index in [1.165, 1.54) is 17.7 Å². The third-order valence-electron chi connectivity index (χ3n) is 6.80. The van der Waals surface area contributed by atoms with Gasteiger partial charge in [0.25, 0.3) is 0 Å². The van der Waals surface area contributed by atoms with Crippen LogP contribution in [0.2, 0.25) is 0 Å². The number of aliphatic carboxylic acids is 1. The van der Waals surface area contributed by atoms with Crippen LogP contribution in [0.3, 0.4) is 0 Å². The average Bonchev–Trinajstić information content (AvgIpc) is 2.92. The molecule has 0 aliphatic heterocycles. The largest absolute Gasteiger partial charge is 0.478 e. The summed E-state index contributed by atoms with van der Waals surface area (Å²) in [6.07, 6.45) is 7.92. The van der Waals surface area contributed by atoms with Crippen LogP contribution in [-0.4, -0.2) is 24.0 Å². The minimum absolute atomic E-state index is 0.0377. The molecule has 0 spiro atoms. The summed E-state index contributed by atoms with van der Waals surface area (Å²) >= 11 is 0. The van der Waals surface area contributed by atoms with Crippen molar-refractivity contribution in [2.24, 2.45) is 5.92 Å². The van der Waals surface area contributed by atoms with Gasteiger partial charge in [0.2, 0.25) is 5.91 Å². The van der Waals surface area contributed by atoms with E-state index in [4.69, 9.17) is 5.11 Å². The van der Waals surface area contributed by atoms with Gasteiger partial charge in [-0.3, -0.25) is 4.79 Å². The van der Waals surface area contributed by atoms with E-state index in [1.807, 2.05) is 47.4 Å². The van der Waals surface area contributed by atoms with Crippen molar-refractivity contribution < 1.29 is 14.7 Å². The van der Waals surface area contributed by atoms with E-state index in [2.05, 4.69) is 48.3 Å². The lowest BCUT2D eigenvalue weighted by molar-refractivity contribution is -0.131. The molecule has 1 aliphatic rings. The topological polar surface area (TPSA) is 60.9 Å². The molecule has 4 rings (SSSR count). The lowest BCUT2D eigenvalue weighted by Crippen LogP contribution is -2.36. The molecule has 1 fully saturated rings. The van der Waals surface area contributed by atoms with Crippen LogP contribution in [0.15, 0.2) is 84.9 Å². The molecule has 1 aliphatic carbocycles. The van der Waals surface area contributed by atoms with E-state index in [0.717, 1.165) is 55.1 Å². The van der Waals surface area contributed by atoms with E-state index in [-0.39, 0.29) is 11.8 Å². The summed E-state index contributed by atoms with van der Waals surface area (Å²) in [4.78, 5) is 28.7. The third kappa shape index (κ3) is 6.85. The van der Waals surface area contributed by atoms with Crippen LogP contribution in [0, 0.1) is 5.92 Å². The Hall–Kier alpha value is -3.86. The molecule has 3 aromatic rings. The highest BCUT2D eigenvalue weighted by Gasteiger charge is 2.27. The number of hydrogen-bond donors (Lipinski definition) is 1. The van der Waals surface area contributed by atoms with Gasteiger partial charge in [-0.15, -0.1) is 0 Å². The van der Waals surface area contributed by atoms with E-state index in [0.29, 0.717) is 6.54 Å². The van der Waals surface area contributed by atoms with Crippen LogP contribution in [-0.2, 0) is 22.7 Å². The van der Waals surface area contributed by atoms with Gasteiger partial charge in [0.05, 0.1) is 6.54 Å². The highest BCUT2D eigenvalue weighted by molar-refractivity contribution is 5.95. The number of carbonyl (C=O) groups is 2. The summed E-state index contributed by atoms with van der Waals surface area (Å²) in [7, 11) is 2.08. The summed E-state index contributed by atoms with van der Waals surface area (Å²) in [6.45, 7) is 1.28. The molecule has 0 aromatic heterocycles. The van der Waals surface area contributed by atoms with Gasteiger partial charge in [0, 0.05) is 37.0 Å². The van der Waals surface area contributed by atoms with Crippen molar-refractivity contribution in [2.75, 3.05) is 16.8 Å². The summed E-state index contributed by atoms with van der Waals surface area (Å²) in [5.41, 5.74) is 5.00. The standard InChI is InChI=1S/C31H34N2O3/c1-32(28-12-6-3-7-13-28)22-25-15-17-26(18-16-25)23-33(31(36)27-10-4-2-5-11-27)29-14-8-9-24(21-29)19-20-30(34)35/h3,6-9,12-21,27H,2,4-5,10-11,22-23H2,1H3,(H,34,35). The zero-order valence-corrected chi connectivity index (χ0v) is 20.8. The molecule has 0 atom stereocenters. The zero-order valence-electron chi connectivity index (χ0n) is 20.8. The Bertz CT molecular complexity index is 1180. The monoisotopic (exact) mass is 482 g/mol. The van der Waals surface area contributed by atoms with Gasteiger partial charge in [-0.1, -0.05) is 73.9 Å². The van der Waals surface area contributed by atoms with Crippen molar-refractivity contribution in [3.05, 3.63) is 102 Å². The smallest absolute Gasteiger partial charge is 0.328 e. The van der Waals surface area contributed by atoms with Gasteiger partial charge in [-0.05, 0) is 59.9 Å². The van der Waals surface area contributed by atoms with Crippen molar-refractivity contribution in [3.63, 3.8) is 0 Å². The summed E-state index contributed by atoms with van der Waals surface area (Å²) in [5.74, 6) is -0.800. The maximum atomic E-state index is 13.7. The number of carboxylic acids is 1. The lowest BCUT2D eigenvalue weighted by atomic mass is 9.88. The van der Waals surface area contributed by atoms with Crippen LogP contribution in [0.1, 0.15) is 48.8 Å². The van der Waals surface area contributed by atoms with Gasteiger partial charge in [-0.2, -0.15) is 0 Å². The van der Waals surface area contributed by atoms with Crippen molar-refractivity contribution in [1.82, 2.24) is 0 Å². The van der Waals surface area contributed by atoms with Crippen LogP contribution < -0.4 is 9.80 Å². The summed E-state index contributed by atoms with van der Waals surface area (Å²) in [6, 6.07) is 26.3. The third-order valence-corrected chi connectivity index (χ3v) is 6.80. The van der Waals surface area contributed by atoms with E-state index in [9.17, 15) is 9.59 Å². The Balaban J connectivity index is 1.53. The molecule has 0 bridgehead atoms. The molecule has 0 heterocycles. The number of carbonyl (C=O) groups excluding carboxylic acids is 1. The van der Waals surface area contributed by atoms with Crippen LogP contribution in [0.5, 0.6) is 0 Å². The highest BCUT2D eigenvalue weighted by atomic mass is 16.4. The second-order valence-corrected chi connectivity index (χ2v) is 9.53. The summed E-state index contributed by atoms with van der Waals surface area (Å²) < 4.78 is 0. The van der Waals surface area contributed by atoms with Crippen LogP contribution >= 0.6 is 0 Å². The zero-order chi connectivity index (χ0) is 25.3. The molecule has 0 radical (unpaired) electrons. The first kappa shape index (κ1) is 25.2. The normalized spacial score (nSPS) is 14.0. The number of hydrogen-bond acceptors (Lipinski definition) is 3. The Labute approximate surface area is 213 Å². The fourth-order valence-electron chi connectivity index (χ4n) is 4.81. The molecule has 186 valence electrons. The molecule has 5 nitrogen and oxygen atoms in total. The predicted molar refractivity (Wildman–Crippen MR) is 146 cm³/mol. The molecular formula is C31H34N2O3. The van der Waals surface area contributed by atoms with E-state index >= 15 is 0 Å². The molecule has 1 saturated carbocycles. The maximum absolute atomic E-state index is 13.7. The van der Waals surface area contributed by atoms with E-state index in [1.54, 1.807) is 6.08 Å². The van der Waals surface area contributed by atoms with Gasteiger partial charge in [0.15, 0.2) is 0 Å². The molecule has 0 saturated heterocycles. The number of carboxylic acid groups (broad SMARTS) is 1. The second-order valence-electron chi connectivity index (χ2n) is 9.53. The Kier molecular flexibility index (Phi) is 8.56. The van der Waals surface area contributed by atoms with Crippen molar-refractivity contribution in [1.29, 1.82) is 0 Å². The first-order chi connectivity index (χ1) is 17.5. The Morgan fingerprint density at radius 1 is 0.833 bits per heavy atom. The van der Waals surface area contributed by atoms with E-state index < -0.39 is 5.97 Å². The van der Waals surface area contributed by atoms with Crippen molar-refractivity contribution in [3.8, 4) is 0 Å². The number of anilines is 2. The first-order valence-corrected chi connectivity index (χ1v) is 12.7. The van der Waals surface area contributed by atoms with Crippen molar-refractivity contribution in [2.45, 2.75) is 45.2 Å². The minimum atomic E-state index is -0.992. The van der Waals surface area contributed by atoms with Crippen LogP contribution in [0.25, 0.3) is 6.08 Å². The minimum Gasteiger partial charge on any atom is -0.478 e. The summed E-state index contributed by atoms with van der Waals surface area (Å²) in [5, 5.41) is 8.99. The number of amides is 1. The van der Waals surface area contributed by atoms with Gasteiger partial charge < -0.3 is 14.9 Å². The molecule has 3 aromatic carbocycles. The van der Waals surface area contributed by atoms with Gasteiger partial charge in [0.1, 0.15) is 0 Å². The maximum Gasteiger partial charge on any atom is 0.328 e. The predicted octanol–water partition coefficient (Wildman–Crippen LogP) is 6.53. The molecule has 1 amide bonds. The SMILES string of the molecule is CN(Cc1ccc(CN(C(=O)C2CCCCC2)c2cccc(C=CC(=O)O)c2)cc1)c1ccccc1. The Morgan fingerprint density at radius 3 is 2.14 bits per heavy atom. The van der Waals surface area contributed by atoms with Gasteiger partial charge >= 0.3 is 5.97 Å². The number of para-hydroxylation sites is 1. The Morgan fingerprint density at radius 2 is 1.47 bits per heavy atom. The number of nitrogens with zero attached hydrogens (tertiary/aromatic N) is 2. The molecule has 36 heavy (non-hydrogen) atoms. The quantitative estimate of drug-likeness (QED) is 0.352. The first-order valence-electron chi connectivity index (χ1n) is 12.7. The number of rotatable bonds is 9. The second kappa shape index (κ2) is 12.2. The fraction of sp³-hybridized carbons (Fsp3) is 0.290.